The summed E-state index contributed by atoms with van der Waals surface area (Å²) in [5.41, 5.74) is -2.02. The SMILES string of the molecule is CC[C@@]1([C@@H]2O[C@@H]([C@H]3O[C@@](O)(CO)[C@H](C)C[C@@H]3C)C[C@@H]2C)CC[C@H]([C@]2(C)CC[C@]3(C[C@H](O)C[C@@](C)([C@@H](C)[C@@H](OC)[C@@H](C)C(=O)O)O3)O2)O1. The van der Waals surface area contributed by atoms with Gasteiger partial charge in [0.2, 0.25) is 0 Å². The molecule has 11 nitrogen and oxygen atoms in total. The number of carboxylic acids is 1. The molecule has 5 rings (SSSR count). The van der Waals surface area contributed by atoms with Crippen LogP contribution < -0.4 is 0 Å². The number of methoxy groups -OCH3 is 1. The summed E-state index contributed by atoms with van der Waals surface area (Å²) in [5, 5.41) is 41.8. The summed E-state index contributed by atoms with van der Waals surface area (Å²) >= 11 is 0. The monoisotopic (exact) mass is 670 g/mol. The third-order valence-corrected chi connectivity index (χ3v) is 13.1. The molecule has 0 radical (unpaired) electrons. The Balaban J connectivity index is 1.29. The number of aliphatic hydroxyl groups excluding tert-OH is 2. The third kappa shape index (κ3) is 6.67. The van der Waals surface area contributed by atoms with Gasteiger partial charge >= 0.3 is 5.97 Å². The first-order valence-corrected chi connectivity index (χ1v) is 18.1. The zero-order valence-electron chi connectivity index (χ0n) is 30.1. The van der Waals surface area contributed by atoms with Crippen molar-refractivity contribution in [2.45, 2.75) is 178 Å². The molecular formula is C36H62O11. The summed E-state index contributed by atoms with van der Waals surface area (Å²) in [6, 6.07) is 0. The van der Waals surface area contributed by atoms with E-state index in [0.717, 1.165) is 32.1 Å². The van der Waals surface area contributed by atoms with E-state index in [1.54, 1.807) is 6.92 Å². The fraction of sp³-hybridized carbons (Fsp3) is 0.972. The van der Waals surface area contributed by atoms with Gasteiger partial charge in [-0.1, -0.05) is 34.6 Å². The van der Waals surface area contributed by atoms with Crippen molar-refractivity contribution in [3.63, 3.8) is 0 Å². The van der Waals surface area contributed by atoms with Gasteiger partial charge in [-0.05, 0) is 71.1 Å². The molecule has 5 saturated heterocycles. The molecule has 0 unspecified atom stereocenters. The number of aliphatic carboxylic acids is 1. The number of carbonyl (C=O) groups is 1. The average molecular weight is 671 g/mol. The van der Waals surface area contributed by atoms with Crippen LogP contribution in [0.2, 0.25) is 0 Å². The van der Waals surface area contributed by atoms with Gasteiger partial charge in [0, 0.05) is 38.2 Å². The fourth-order valence-corrected chi connectivity index (χ4v) is 10.0. The van der Waals surface area contributed by atoms with E-state index in [1.807, 2.05) is 20.8 Å². The van der Waals surface area contributed by atoms with Crippen LogP contribution in [0.15, 0.2) is 0 Å². The van der Waals surface area contributed by atoms with Crippen molar-refractivity contribution in [3.05, 3.63) is 0 Å². The van der Waals surface area contributed by atoms with E-state index in [4.69, 9.17) is 28.4 Å². The first-order valence-electron chi connectivity index (χ1n) is 18.1. The number of aliphatic hydroxyl groups is 3. The van der Waals surface area contributed by atoms with E-state index in [1.165, 1.54) is 7.11 Å². The molecule has 11 heteroatoms. The van der Waals surface area contributed by atoms with Gasteiger partial charge in [0.15, 0.2) is 11.6 Å². The number of hydrogen-bond acceptors (Lipinski definition) is 10. The van der Waals surface area contributed by atoms with E-state index in [9.17, 15) is 25.2 Å². The van der Waals surface area contributed by atoms with Crippen molar-refractivity contribution in [1.29, 1.82) is 0 Å². The second kappa shape index (κ2) is 13.3. The van der Waals surface area contributed by atoms with E-state index in [0.29, 0.717) is 25.7 Å². The van der Waals surface area contributed by atoms with E-state index in [-0.39, 0.29) is 48.1 Å². The number of carboxylic acid groups (broad SMARTS) is 1. The fourth-order valence-electron chi connectivity index (χ4n) is 10.0. The normalized spacial score (nSPS) is 50.9. The van der Waals surface area contributed by atoms with Gasteiger partial charge in [-0.25, -0.2) is 0 Å². The minimum atomic E-state index is -1.56. The molecule has 5 fully saturated rings. The van der Waals surface area contributed by atoms with Gasteiger partial charge in [-0.3, -0.25) is 4.79 Å². The van der Waals surface area contributed by atoms with Gasteiger partial charge in [-0.2, -0.15) is 0 Å². The van der Waals surface area contributed by atoms with Crippen molar-refractivity contribution >= 4 is 5.97 Å². The highest BCUT2D eigenvalue weighted by atomic mass is 16.7. The standard InChI is InChI=1S/C36H62O11/c1-10-34(30-21(3)16-26(43-30)28-20(2)15-22(4)36(41,19-37)45-28)12-11-27(44-34)32(7)13-14-35(46-32)18-25(38)17-33(8,47-35)24(6)29(42-9)23(5)31(39)40/h20-30,37-38,41H,10-19H2,1-9H3,(H,39,40)/t20-,21-,22+,23+,24-,25+,26+,27+,28-,29-,30+,32-,33-,34-,35-,36-/m0/s1. The maximum absolute atomic E-state index is 11.9. The molecular weight excluding hydrogens is 608 g/mol. The molecule has 16 atom stereocenters. The van der Waals surface area contributed by atoms with Crippen molar-refractivity contribution in [3.8, 4) is 0 Å². The minimum Gasteiger partial charge on any atom is -0.481 e. The van der Waals surface area contributed by atoms with Crippen molar-refractivity contribution in [2.75, 3.05) is 13.7 Å². The van der Waals surface area contributed by atoms with Crippen LogP contribution >= 0.6 is 0 Å². The molecule has 4 N–H and O–H groups in total. The lowest BCUT2D eigenvalue weighted by atomic mass is 9.75. The van der Waals surface area contributed by atoms with Crippen LogP contribution in [0.5, 0.6) is 0 Å². The van der Waals surface area contributed by atoms with E-state index < -0.39 is 59.1 Å². The summed E-state index contributed by atoms with van der Waals surface area (Å²) in [4.78, 5) is 11.9. The third-order valence-electron chi connectivity index (χ3n) is 13.1. The predicted octanol–water partition coefficient (Wildman–Crippen LogP) is 4.42. The molecule has 0 aromatic rings. The highest BCUT2D eigenvalue weighted by Gasteiger charge is 2.63. The van der Waals surface area contributed by atoms with Gasteiger partial charge in [-0.15, -0.1) is 0 Å². The number of hydrogen-bond donors (Lipinski definition) is 4. The molecule has 1 spiro atoms. The van der Waals surface area contributed by atoms with Crippen molar-refractivity contribution in [1.82, 2.24) is 0 Å². The zero-order chi connectivity index (χ0) is 34.7. The van der Waals surface area contributed by atoms with E-state index in [2.05, 4.69) is 27.7 Å². The van der Waals surface area contributed by atoms with Crippen LogP contribution in [0.1, 0.15) is 113 Å². The lowest BCUT2D eigenvalue weighted by Crippen LogP contribution is -2.59. The van der Waals surface area contributed by atoms with Crippen molar-refractivity contribution in [2.24, 2.45) is 29.6 Å². The summed E-state index contributed by atoms with van der Waals surface area (Å²) in [6.07, 6.45) is 3.76. The summed E-state index contributed by atoms with van der Waals surface area (Å²) in [5.74, 6) is -4.37. The Bertz CT molecular complexity index is 1120. The molecule has 0 aromatic heterocycles. The number of ether oxygens (including phenoxy) is 6. The largest absolute Gasteiger partial charge is 0.481 e. The van der Waals surface area contributed by atoms with Crippen molar-refractivity contribution < 1.29 is 53.6 Å². The predicted molar refractivity (Wildman–Crippen MR) is 172 cm³/mol. The van der Waals surface area contributed by atoms with Gasteiger partial charge < -0.3 is 48.8 Å². The Labute approximate surface area is 281 Å². The Morgan fingerprint density at radius 1 is 1.00 bits per heavy atom. The average Bonchev–Trinajstić information content (AvgIpc) is 3.71. The molecule has 272 valence electrons. The quantitative estimate of drug-likeness (QED) is 0.261. The van der Waals surface area contributed by atoms with Crippen LogP contribution in [-0.4, -0.2) is 105 Å². The second-order valence-corrected chi connectivity index (χ2v) is 16.5. The topological polar surface area (TPSA) is 153 Å². The Morgan fingerprint density at radius 2 is 1.70 bits per heavy atom. The van der Waals surface area contributed by atoms with Crippen LogP contribution in [0.25, 0.3) is 0 Å². The summed E-state index contributed by atoms with van der Waals surface area (Å²) < 4.78 is 39.5. The molecule has 5 aliphatic heterocycles. The summed E-state index contributed by atoms with van der Waals surface area (Å²) in [6.45, 7) is 15.5. The smallest absolute Gasteiger partial charge is 0.308 e. The molecule has 47 heavy (non-hydrogen) atoms. The maximum atomic E-state index is 11.9. The molecule has 5 aliphatic rings. The van der Waals surface area contributed by atoms with Gasteiger partial charge in [0.1, 0.15) is 0 Å². The van der Waals surface area contributed by atoms with Crippen LogP contribution in [0, 0.1) is 29.6 Å². The Hall–Kier alpha value is -0.890. The molecule has 0 amide bonds. The second-order valence-electron chi connectivity index (χ2n) is 16.5. The Morgan fingerprint density at radius 3 is 2.32 bits per heavy atom. The highest BCUT2D eigenvalue weighted by Crippen LogP contribution is 2.55. The van der Waals surface area contributed by atoms with Crippen LogP contribution in [0.4, 0.5) is 0 Å². The lowest BCUT2D eigenvalue weighted by Gasteiger charge is -2.51. The first-order chi connectivity index (χ1) is 21.9. The van der Waals surface area contributed by atoms with E-state index >= 15 is 0 Å². The molecule has 0 aliphatic carbocycles. The Kier molecular flexibility index (Phi) is 10.6. The maximum Gasteiger partial charge on any atom is 0.308 e. The van der Waals surface area contributed by atoms with Crippen LogP contribution in [-0.2, 0) is 33.2 Å². The highest BCUT2D eigenvalue weighted by molar-refractivity contribution is 5.70. The molecule has 0 saturated carbocycles. The first kappa shape index (κ1) is 37.4. The summed E-state index contributed by atoms with van der Waals surface area (Å²) in [7, 11) is 1.52. The molecule has 5 heterocycles. The van der Waals surface area contributed by atoms with Gasteiger partial charge in [0.25, 0.3) is 0 Å². The number of rotatable bonds is 10. The molecule has 0 bridgehead atoms. The zero-order valence-corrected chi connectivity index (χ0v) is 30.1. The lowest BCUT2D eigenvalue weighted by molar-refractivity contribution is -0.350. The van der Waals surface area contributed by atoms with Gasteiger partial charge in [0.05, 0.1) is 66.0 Å². The minimum absolute atomic E-state index is 0.155. The molecule has 0 aromatic carbocycles. The van der Waals surface area contributed by atoms with Crippen LogP contribution in [0.3, 0.4) is 0 Å².